The van der Waals surface area contributed by atoms with E-state index in [0.29, 0.717) is 11.6 Å². The Balaban J connectivity index is 1.80. The molecule has 124 valence electrons. The number of carbonyl (C=O) groups excluding carboxylic acids is 1. The van der Waals surface area contributed by atoms with Crippen LogP contribution >= 0.6 is 0 Å². The number of aromatic amines is 1. The third-order valence-electron chi connectivity index (χ3n) is 4.93. The van der Waals surface area contributed by atoms with E-state index in [9.17, 15) is 4.79 Å². The van der Waals surface area contributed by atoms with E-state index < -0.39 is 0 Å². The maximum Gasteiger partial charge on any atom is 0.270 e. The van der Waals surface area contributed by atoms with E-state index in [1.165, 1.54) is 12.8 Å². The number of hydrogen-bond donors (Lipinski definition) is 2. The molecule has 1 aliphatic rings. The van der Waals surface area contributed by atoms with E-state index in [4.69, 9.17) is 0 Å². The Bertz CT molecular complexity index is 666. The number of carbonyl (C=O) groups is 1. The molecule has 6 nitrogen and oxygen atoms in total. The molecule has 0 bridgehead atoms. The lowest BCUT2D eigenvalue weighted by molar-refractivity contribution is 0.0897. The summed E-state index contributed by atoms with van der Waals surface area (Å²) >= 11 is 0. The number of H-pyrrole nitrogens is 1. The fourth-order valence-corrected chi connectivity index (χ4v) is 3.48. The Kier molecular flexibility index (Phi) is 4.50. The molecule has 0 aromatic carbocycles. The third kappa shape index (κ3) is 3.46. The van der Waals surface area contributed by atoms with Gasteiger partial charge in [0.25, 0.3) is 5.91 Å². The second kappa shape index (κ2) is 6.56. The van der Waals surface area contributed by atoms with Crippen molar-refractivity contribution in [2.45, 2.75) is 45.6 Å². The molecule has 1 amide bonds. The van der Waals surface area contributed by atoms with Gasteiger partial charge in [-0.1, -0.05) is 19.8 Å². The van der Waals surface area contributed by atoms with Gasteiger partial charge in [-0.15, -0.1) is 0 Å². The summed E-state index contributed by atoms with van der Waals surface area (Å²) in [5.74, 6) is 2.02. The summed E-state index contributed by atoms with van der Waals surface area (Å²) in [6.07, 6.45) is 8.20. The average molecular weight is 315 g/mol. The summed E-state index contributed by atoms with van der Waals surface area (Å²) in [5, 5.41) is 7.28. The summed E-state index contributed by atoms with van der Waals surface area (Å²) in [6.45, 7) is 4.24. The lowest BCUT2D eigenvalue weighted by Crippen LogP contribution is -2.36. The minimum Gasteiger partial charge on any atom is -0.344 e. The number of nitrogens with one attached hydrogen (secondary N) is 2. The summed E-state index contributed by atoms with van der Waals surface area (Å²) < 4.78 is 1.60. The van der Waals surface area contributed by atoms with Gasteiger partial charge >= 0.3 is 0 Å². The first-order chi connectivity index (χ1) is 11.0. The zero-order valence-corrected chi connectivity index (χ0v) is 14.0. The summed E-state index contributed by atoms with van der Waals surface area (Å²) in [7, 11) is 1.78. The standard InChI is InChI=1S/C17H25N5O/c1-11-4-6-13(7-5-11)16(14-10-18-12(2)20-14)21-17(23)15-8-9-19-22(15)3/h8-11,13,16H,4-7H2,1-3H3,(H,18,20)(H,21,23). The van der Waals surface area contributed by atoms with Gasteiger partial charge in [0.05, 0.1) is 17.9 Å². The number of amides is 1. The van der Waals surface area contributed by atoms with Crippen LogP contribution in [0.5, 0.6) is 0 Å². The Morgan fingerprint density at radius 3 is 2.70 bits per heavy atom. The first-order valence-electron chi connectivity index (χ1n) is 8.35. The van der Waals surface area contributed by atoms with Gasteiger partial charge < -0.3 is 10.3 Å². The predicted molar refractivity (Wildman–Crippen MR) is 87.9 cm³/mol. The Morgan fingerprint density at radius 1 is 1.39 bits per heavy atom. The highest BCUT2D eigenvalue weighted by atomic mass is 16.2. The number of imidazole rings is 1. The van der Waals surface area contributed by atoms with Crippen molar-refractivity contribution in [2.75, 3.05) is 0 Å². The molecule has 2 heterocycles. The molecule has 0 radical (unpaired) electrons. The molecule has 2 aromatic rings. The van der Waals surface area contributed by atoms with Gasteiger partial charge in [-0.25, -0.2) is 4.98 Å². The van der Waals surface area contributed by atoms with Crippen LogP contribution in [0.15, 0.2) is 18.5 Å². The smallest absolute Gasteiger partial charge is 0.270 e. The lowest BCUT2D eigenvalue weighted by atomic mass is 9.78. The van der Waals surface area contributed by atoms with Crippen LogP contribution in [0.4, 0.5) is 0 Å². The van der Waals surface area contributed by atoms with Crippen LogP contribution in [0, 0.1) is 18.8 Å². The molecule has 0 saturated heterocycles. The molecule has 23 heavy (non-hydrogen) atoms. The van der Waals surface area contributed by atoms with Crippen LogP contribution in [-0.4, -0.2) is 25.7 Å². The van der Waals surface area contributed by atoms with Crippen LogP contribution < -0.4 is 5.32 Å². The van der Waals surface area contributed by atoms with Crippen molar-refractivity contribution in [1.82, 2.24) is 25.1 Å². The van der Waals surface area contributed by atoms with Crippen molar-refractivity contribution in [3.8, 4) is 0 Å². The fraction of sp³-hybridized carbons (Fsp3) is 0.588. The molecule has 1 atom stereocenters. The van der Waals surface area contributed by atoms with E-state index in [1.807, 2.05) is 13.1 Å². The minimum absolute atomic E-state index is 0.0221. The van der Waals surface area contributed by atoms with Gasteiger partial charge in [-0.2, -0.15) is 5.10 Å². The topological polar surface area (TPSA) is 75.6 Å². The van der Waals surface area contributed by atoms with E-state index >= 15 is 0 Å². The largest absolute Gasteiger partial charge is 0.344 e. The Morgan fingerprint density at radius 2 is 2.13 bits per heavy atom. The lowest BCUT2D eigenvalue weighted by Gasteiger charge is -2.32. The van der Waals surface area contributed by atoms with Crippen molar-refractivity contribution in [3.05, 3.63) is 35.7 Å². The number of hydrogen-bond acceptors (Lipinski definition) is 3. The molecule has 1 unspecified atom stereocenters. The molecule has 2 aromatic heterocycles. The molecule has 2 N–H and O–H groups in total. The van der Waals surface area contributed by atoms with Gasteiger partial charge in [-0.05, 0) is 37.7 Å². The number of rotatable bonds is 4. The van der Waals surface area contributed by atoms with Crippen molar-refractivity contribution in [3.63, 3.8) is 0 Å². The molecule has 3 rings (SSSR count). The van der Waals surface area contributed by atoms with Crippen LogP contribution in [0.3, 0.4) is 0 Å². The maximum absolute atomic E-state index is 12.6. The van der Waals surface area contributed by atoms with E-state index in [1.54, 1.807) is 24.0 Å². The van der Waals surface area contributed by atoms with Crippen molar-refractivity contribution in [2.24, 2.45) is 18.9 Å². The SMILES string of the molecule is Cc1ncc(C(NC(=O)c2ccnn2C)C2CCC(C)CC2)[nH]1. The van der Waals surface area contributed by atoms with Crippen molar-refractivity contribution < 1.29 is 4.79 Å². The molecule has 1 aliphatic carbocycles. The summed E-state index contributed by atoms with van der Waals surface area (Å²) in [5.41, 5.74) is 1.58. The van der Waals surface area contributed by atoms with Gasteiger partial charge in [0.1, 0.15) is 11.5 Å². The monoisotopic (exact) mass is 315 g/mol. The fourth-order valence-electron chi connectivity index (χ4n) is 3.48. The third-order valence-corrected chi connectivity index (χ3v) is 4.93. The molecule has 1 fully saturated rings. The maximum atomic E-state index is 12.6. The molecule has 6 heteroatoms. The van der Waals surface area contributed by atoms with Crippen molar-refractivity contribution in [1.29, 1.82) is 0 Å². The predicted octanol–water partition coefficient (Wildman–Crippen LogP) is 2.75. The highest BCUT2D eigenvalue weighted by Crippen LogP contribution is 2.36. The van der Waals surface area contributed by atoms with Crippen LogP contribution in [-0.2, 0) is 7.05 Å². The van der Waals surface area contributed by atoms with Gasteiger partial charge in [0, 0.05) is 13.2 Å². The highest BCUT2D eigenvalue weighted by molar-refractivity contribution is 5.92. The first kappa shape index (κ1) is 15.8. The molecular formula is C17H25N5O. The number of aryl methyl sites for hydroxylation is 2. The molecular weight excluding hydrogens is 290 g/mol. The summed E-state index contributed by atoms with van der Waals surface area (Å²) in [6, 6.07) is 1.72. The number of aromatic nitrogens is 4. The average Bonchev–Trinajstić information content (AvgIpc) is 3.14. The van der Waals surface area contributed by atoms with Crippen LogP contribution in [0.25, 0.3) is 0 Å². The van der Waals surface area contributed by atoms with Crippen LogP contribution in [0.1, 0.15) is 60.7 Å². The molecule has 1 saturated carbocycles. The molecule has 0 aliphatic heterocycles. The van der Waals surface area contributed by atoms with Crippen molar-refractivity contribution >= 4 is 5.91 Å². The van der Waals surface area contributed by atoms with Gasteiger partial charge in [-0.3, -0.25) is 9.48 Å². The van der Waals surface area contributed by atoms with E-state index in [0.717, 1.165) is 30.3 Å². The number of nitrogens with zero attached hydrogens (tertiary/aromatic N) is 3. The van der Waals surface area contributed by atoms with E-state index in [2.05, 4.69) is 27.3 Å². The van der Waals surface area contributed by atoms with Gasteiger partial charge in [0.15, 0.2) is 0 Å². The van der Waals surface area contributed by atoms with Gasteiger partial charge in [0.2, 0.25) is 0 Å². The summed E-state index contributed by atoms with van der Waals surface area (Å²) in [4.78, 5) is 20.2. The normalized spacial score (nSPS) is 22.7. The second-order valence-corrected chi connectivity index (χ2v) is 6.74. The Hall–Kier alpha value is -2.11. The van der Waals surface area contributed by atoms with E-state index in [-0.39, 0.29) is 11.9 Å². The molecule has 0 spiro atoms. The minimum atomic E-state index is -0.0825. The zero-order chi connectivity index (χ0) is 16.4. The Labute approximate surface area is 136 Å². The second-order valence-electron chi connectivity index (χ2n) is 6.74. The highest BCUT2D eigenvalue weighted by Gasteiger charge is 2.30. The quantitative estimate of drug-likeness (QED) is 0.911. The first-order valence-corrected chi connectivity index (χ1v) is 8.35. The van der Waals surface area contributed by atoms with Crippen LogP contribution in [0.2, 0.25) is 0 Å². The zero-order valence-electron chi connectivity index (χ0n) is 14.0.